The molecule has 1 aliphatic carbocycles. The smallest absolute Gasteiger partial charge is 0.326 e. The number of nitro groups is 1. The van der Waals surface area contributed by atoms with Crippen LogP contribution in [-0.4, -0.2) is 38.9 Å². The quantitative estimate of drug-likeness (QED) is 0.573. The molecule has 0 bridgehead atoms. The van der Waals surface area contributed by atoms with Gasteiger partial charge in [-0.2, -0.15) is 0 Å². The molecular weight excluding hydrogens is 368 g/mol. The predicted octanol–water partition coefficient (Wildman–Crippen LogP) is 3.82. The SMILES string of the molecule is CC(C(=O)O)N(C(=O)c1ccc(Sc2ccc([N+](=O)[O-])cc2)cc1)C1CC1. The molecule has 0 heterocycles. The summed E-state index contributed by atoms with van der Waals surface area (Å²) in [6.07, 6.45) is 1.66. The van der Waals surface area contributed by atoms with Crippen LogP contribution in [0.4, 0.5) is 5.69 Å². The van der Waals surface area contributed by atoms with Gasteiger partial charge in [-0.3, -0.25) is 14.9 Å². The van der Waals surface area contributed by atoms with Gasteiger partial charge in [0.15, 0.2) is 0 Å². The van der Waals surface area contributed by atoms with Gasteiger partial charge in [0.25, 0.3) is 11.6 Å². The number of hydrogen-bond acceptors (Lipinski definition) is 5. The van der Waals surface area contributed by atoms with Crippen molar-refractivity contribution in [1.29, 1.82) is 0 Å². The first kappa shape index (κ1) is 18.9. The number of aliphatic carboxylic acids is 1. The van der Waals surface area contributed by atoms with Crippen molar-refractivity contribution in [1.82, 2.24) is 4.90 Å². The van der Waals surface area contributed by atoms with Gasteiger partial charge in [0, 0.05) is 33.5 Å². The second-order valence-corrected chi connectivity index (χ2v) is 7.48. The van der Waals surface area contributed by atoms with Crippen LogP contribution in [0.2, 0.25) is 0 Å². The van der Waals surface area contributed by atoms with E-state index in [0.717, 1.165) is 22.6 Å². The highest BCUT2D eigenvalue weighted by Gasteiger charge is 2.38. The normalized spacial score (nSPS) is 14.4. The summed E-state index contributed by atoms with van der Waals surface area (Å²) in [4.78, 5) is 37.4. The van der Waals surface area contributed by atoms with E-state index in [1.807, 2.05) is 0 Å². The van der Waals surface area contributed by atoms with Gasteiger partial charge in [-0.15, -0.1) is 0 Å². The standard InChI is InChI=1S/C19H18N2O5S/c1-12(19(23)24)20(14-4-5-14)18(22)13-2-8-16(9-3-13)27-17-10-6-15(7-11-17)21(25)26/h2-3,6-12,14H,4-5H2,1H3,(H,23,24). The molecule has 1 aliphatic rings. The molecule has 8 heteroatoms. The van der Waals surface area contributed by atoms with E-state index in [1.165, 1.54) is 35.7 Å². The molecule has 1 atom stereocenters. The first-order valence-corrected chi connectivity index (χ1v) is 9.26. The molecule has 0 spiro atoms. The Labute approximate surface area is 160 Å². The maximum atomic E-state index is 12.7. The highest BCUT2D eigenvalue weighted by Crippen LogP contribution is 2.32. The Balaban J connectivity index is 1.71. The van der Waals surface area contributed by atoms with Crippen molar-refractivity contribution in [2.45, 2.75) is 41.6 Å². The van der Waals surface area contributed by atoms with Crippen LogP contribution in [0.5, 0.6) is 0 Å². The molecule has 0 radical (unpaired) electrons. The minimum absolute atomic E-state index is 0.00207. The van der Waals surface area contributed by atoms with Crippen molar-refractivity contribution < 1.29 is 19.6 Å². The number of hydrogen-bond donors (Lipinski definition) is 1. The average molecular weight is 386 g/mol. The van der Waals surface area contributed by atoms with Gasteiger partial charge in [0.05, 0.1) is 4.92 Å². The average Bonchev–Trinajstić information content (AvgIpc) is 3.47. The van der Waals surface area contributed by atoms with Crippen molar-refractivity contribution in [2.75, 3.05) is 0 Å². The van der Waals surface area contributed by atoms with Crippen LogP contribution in [0.25, 0.3) is 0 Å². The first-order valence-electron chi connectivity index (χ1n) is 8.44. The molecule has 1 unspecified atom stereocenters. The zero-order chi connectivity index (χ0) is 19.6. The van der Waals surface area contributed by atoms with Gasteiger partial charge in [0.2, 0.25) is 0 Å². The van der Waals surface area contributed by atoms with Crippen LogP contribution in [0, 0.1) is 10.1 Å². The fourth-order valence-electron chi connectivity index (χ4n) is 2.72. The Morgan fingerprint density at radius 1 is 1.11 bits per heavy atom. The monoisotopic (exact) mass is 386 g/mol. The Morgan fingerprint density at radius 3 is 2.07 bits per heavy atom. The molecule has 27 heavy (non-hydrogen) atoms. The third-order valence-electron chi connectivity index (χ3n) is 4.33. The lowest BCUT2D eigenvalue weighted by Gasteiger charge is -2.26. The van der Waals surface area contributed by atoms with Crippen LogP contribution in [-0.2, 0) is 4.79 Å². The Morgan fingerprint density at radius 2 is 1.63 bits per heavy atom. The summed E-state index contributed by atoms with van der Waals surface area (Å²) >= 11 is 1.43. The van der Waals surface area contributed by atoms with Gasteiger partial charge < -0.3 is 10.0 Å². The lowest BCUT2D eigenvalue weighted by molar-refractivity contribution is -0.384. The van der Waals surface area contributed by atoms with Crippen LogP contribution >= 0.6 is 11.8 Å². The molecule has 7 nitrogen and oxygen atoms in total. The zero-order valence-electron chi connectivity index (χ0n) is 14.6. The number of rotatable bonds is 7. The molecule has 2 aromatic rings. The van der Waals surface area contributed by atoms with Crippen molar-refractivity contribution in [3.8, 4) is 0 Å². The van der Waals surface area contributed by atoms with E-state index in [9.17, 15) is 24.8 Å². The maximum Gasteiger partial charge on any atom is 0.326 e. The number of amides is 1. The van der Waals surface area contributed by atoms with Crippen molar-refractivity contribution in [3.05, 3.63) is 64.2 Å². The molecule has 1 saturated carbocycles. The van der Waals surface area contributed by atoms with Crippen LogP contribution < -0.4 is 0 Å². The number of carbonyl (C=O) groups excluding carboxylic acids is 1. The van der Waals surface area contributed by atoms with Crippen molar-refractivity contribution in [3.63, 3.8) is 0 Å². The van der Waals surface area contributed by atoms with E-state index in [0.29, 0.717) is 5.56 Å². The second-order valence-electron chi connectivity index (χ2n) is 6.34. The molecule has 3 rings (SSSR count). The lowest BCUT2D eigenvalue weighted by Crippen LogP contribution is -2.44. The summed E-state index contributed by atoms with van der Waals surface area (Å²) in [7, 11) is 0. The van der Waals surface area contributed by atoms with Crippen LogP contribution in [0.3, 0.4) is 0 Å². The van der Waals surface area contributed by atoms with E-state index in [4.69, 9.17) is 0 Å². The van der Waals surface area contributed by atoms with E-state index < -0.39 is 16.9 Å². The number of carboxylic acids is 1. The molecule has 2 aromatic carbocycles. The number of non-ortho nitro benzene ring substituents is 1. The van der Waals surface area contributed by atoms with Gasteiger partial charge in [-0.1, -0.05) is 11.8 Å². The summed E-state index contributed by atoms with van der Waals surface area (Å²) in [5.41, 5.74) is 0.482. The minimum Gasteiger partial charge on any atom is -0.480 e. The number of carboxylic acid groups (broad SMARTS) is 1. The van der Waals surface area contributed by atoms with Crippen molar-refractivity contribution in [2.24, 2.45) is 0 Å². The number of carbonyl (C=O) groups is 2. The van der Waals surface area contributed by atoms with Gasteiger partial charge >= 0.3 is 5.97 Å². The summed E-state index contributed by atoms with van der Waals surface area (Å²) < 4.78 is 0. The lowest BCUT2D eigenvalue weighted by atomic mass is 10.1. The first-order chi connectivity index (χ1) is 12.9. The van der Waals surface area contributed by atoms with Gasteiger partial charge in [-0.05, 0) is 56.2 Å². The molecule has 0 aromatic heterocycles. The second kappa shape index (κ2) is 7.79. The Kier molecular flexibility index (Phi) is 5.46. The van der Waals surface area contributed by atoms with E-state index in [-0.39, 0.29) is 17.6 Å². The van der Waals surface area contributed by atoms with E-state index >= 15 is 0 Å². The molecule has 0 aliphatic heterocycles. The largest absolute Gasteiger partial charge is 0.480 e. The zero-order valence-corrected chi connectivity index (χ0v) is 15.4. The third-order valence-corrected chi connectivity index (χ3v) is 5.35. The molecule has 1 N–H and O–H groups in total. The van der Waals surface area contributed by atoms with Crippen molar-refractivity contribution >= 4 is 29.3 Å². The van der Waals surface area contributed by atoms with Crippen LogP contribution in [0.15, 0.2) is 58.3 Å². The highest BCUT2D eigenvalue weighted by atomic mass is 32.2. The summed E-state index contributed by atoms with van der Waals surface area (Å²) in [5.74, 6) is -1.29. The topological polar surface area (TPSA) is 101 Å². The third kappa shape index (κ3) is 4.46. The Bertz CT molecular complexity index is 863. The Hall–Kier alpha value is -2.87. The molecule has 0 saturated heterocycles. The number of nitro benzene ring substituents is 1. The maximum absolute atomic E-state index is 12.7. The van der Waals surface area contributed by atoms with E-state index in [2.05, 4.69) is 0 Å². The molecule has 1 fully saturated rings. The molecule has 1 amide bonds. The summed E-state index contributed by atoms with van der Waals surface area (Å²) in [6.45, 7) is 1.53. The van der Waals surface area contributed by atoms with Gasteiger partial charge in [-0.25, -0.2) is 4.79 Å². The van der Waals surface area contributed by atoms with Gasteiger partial charge in [0.1, 0.15) is 6.04 Å². The minimum atomic E-state index is -1.01. The van der Waals surface area contributed by atoms with E-state index in [1.54, 1.807) is 36.4 Å². The molecular formula is C19H18N2O5S. The highest BCUT2D eigenvalue weighted by molar-refractivity contribution is 7.99. The number of benzene rings is 2. The summed E-state index contributed by atoms with van der Waals surface area (Å²) in [5, 5.41) is 19.9. The fourth-order valence-corrected chi connectivity index (χ4v) is 3.53. The predicted molar refractivity (Wildman–Crippen MR) is 100.0 cm³/mol. The fraction of sp³-hybridized carbons (Fsp3) is 0.263. The summed E-state index contributed by atoms with van der Waals surface area (Å²) in [6, 6.07) is 12.3. The number of nitrogens with zero attached hydrogens (tertiary/aromatic N) is 2. The molecule has 140 valence electrons. The van der Waals surface area contributed by atoms with Crippen LogP contribution in [0.1, 0.15) is 30.1 Å².